The molecule has 130 valence electrons. The van der Waals surface area contributed by atoms with E-state index in [9.17, 15) is 4.79 Å². The van der Waals surface area contributed by atoms with Crippen LogP contribution >= 0.6 is 0 Å². The van der Waals surface area contributed by atoms with E-state index < -0.39 is 0 Å². The largest absolute Gasteiger partial charge is 0.339 e. The lowest BCUT2D eigenvalue weighted by Crippen LogP contribution is -2.45. The van der Waals surface area contributed by atoms with E-state index in [0.717, 1.165) is 44.6 Å². The van der Waals surface area contributed by atoms with Crippen LogP contribution in [0.25, 0.3) is 0 Å². The van der Waals surface area contributed by atoms with Crippen molar-refractivity contribution in [2.24, 2.45) is 0 Å². The zero-order valence-corrected chi connectivity index (χ0v) is 14.2. The van der Waals surface area contributed by atoms with E-state index in [1.165, 1.54) is 6.42 Å². The van der Waals surface area contributed by atoms with Crippen molar-refractivity contribution >= 4 is 5.91 Å². The summed E-state index contributed by atoms with van der Waals surface area (Å²) in [4.78, 5) is 18.9. The molecule has 7 heteroatoms. The number of carbonyl (C=O) groups is 1. The van der Waals surface area contributed by atoms with Crippen molar-refractivity contribution in [3.8, 4) is 0 Å². The Morgan fingerprint density at radius 1 is 1.42 bits per heavy atom. The average molecular weight is 331 g/mol. The summed E-state index contributed by atoms with van der Waals surface area (Å²) in [6, 6.07) is 2.17. The van der Waals surface area contributed by atoms with Gasteiger partial charge in [0.05, 0.1) is 12.6 Å². The Bertz CT molecular complexity index is 637. The maximum atomic E-state index is 12.6. The van der Waals surface area contributed by atoms with Gasteiger partial charge < -0.3 is 9.42 Å². The van der Waals surface area contributed by atoms with Gasteiger partial charge in [0, 0.05) is 38.2 Å². The number of aromatic nitrogens is 4. The number of carbonyl (C=O) groups excluding carboxylic acids is 1. The molecule has 1 aliphatic rings. The molecule has 7 nitrogen and oxygen atoms in total. The van der Waals surface area contributed by atoms with Gasteiger partial charge in [-0.3, -0.25) is 9.48 Å². The van der Waals surface area contributed by atoms with Crippen molar-refractivity contribution in [2.45, 2.75) is 64.5 Å². The first-order chi connectivity index (χ1) is 11.8. The second-order valence-electron chi connectivity index (χ2n) is 6.28. The normalized spacial score (nSPS) is 18.0. The number of piperidine rings is 1. The molecule has 0 N–H and O–H groups in total. The van der Waals surface area contributed by atoms with Gasteiger partial charge in [-0.1, -0.05) is 12.1 Å². The van der Waals surface area contributed by atoms with Gasteiger partial charge in [-0.2, -0.15) is 10.1 Å². The molecule has 0 saturated carbocycles. The second-order valence-corrected chi connectivity index (χ2v) is 6.28. The molecule has 2 aromatic rings. The van der Waals surface area contributed by atoms with Crippen molar-refractivity contribution < 1.29 is 9.32 Å². The Hall–Kier alpha value is -2.18. The first-order valence-corrected chi connectivity index (χ1v) is 8.84. The molecule has 0 radical (unpaired) electrons. The quantitative estimate of drug-likeness (QED) is 0.777. The number of aryl methyl sites for hydroxylation is 2. The summed E-state index contributed by atoms with van der Waals surface area (Å²) < 4.78 is 7.09. The van der Waals surface area contributed by atoms with E-state index in [1.54, 1.807) is 6.20 Å². The molecular weight excluding hydrogens is 306 g/mol. The fraction of sp³-hybridized carbons (Fsp3) is 0.647. The third-order valence-electron chi connectivity index (χ3n) is 4.51. The minimum Gasteiger partial charge on any atom is -0.339 e. The van der Waals surface area contributed by atoms with Gasteiger partial charge in [-0.15, -0.1) is 0 Å². The summed E-state index contributed by atoms with van der Waals surface area (Å²) in [6.45, 7) is 3.63. The molecule has 1 atom stereocenters. The summed E-state index contributed by atoms with van der Waals surface area (Å²) >= 11 is 0. The number of amides is 1. The van der Waals surface area contributed by atoms with Crippen LogP contribution in [0.2, 0.25) is 0 Å². The highest BCUT2D eigenvalue weighted by Crippen LogP contribution is 2.20. The van der Waals surface area contributed by atoms with Crippen LogP contribution in [0.15, 0.2) is 23.0 Å². The number of hydrogen-bond donors (Lipinski definition) is 0. The molecule has 0 bridgehead atoms. The van der Waals surface area contributed by atoms with Gasteiger partial charge >= 0.3 is 0 Å². The van der Waals surface area contributed by atoms with Crippen molar-refractivity contribution in [3.05, 3.63) is 30.2 Å². The molecule has 1 saturated heterocycles. The molecule has 1 amide bonds. The highest BCUT2D eigenvalue weighted by molar-refractivity contribution is 5.76. The average Bonchev–Trinajstić information content (AvgIpc) is 3.27. The molecule has 1 aliphatic heterocycles. The first-order valence-electron chi connectivity index (χ1n) is 8.84. The molecule has 0 aromatic carbocycles. The van der Waals surface area contributed by atoms with E-state index in [2.05, 4.69) is 15.2 Å². The Kier molecular flexibility index (Phi) is 5.61. The number of hydrogen-bond acceptors (Lipinski definition) is 5. The highest BCUT2D eigenvalue weighted by atomic mass is 16.5. The molecule has 0 unspecified atom stereocenters. The van der Waals surface area contributed by atoms with Gasteiger partial charge in [0.15, 0.2) is 5.82 Å². The van der Waals surface area contributed by atoms with E-state index in [1.807, 2.05) is 28.8 Å². The minimum atomic E-state index is 0.224. The first kappa shape index (κ1) is 16.7. The maximum Gasteiger partial charge on any atom is 0.226 e. The monoisotopic (exact) mass is 331 g/mol. The predicted molar refractivity (Wildman–Crippen MR) is 88.2 cm³/mol. The molecule has 24 heavy (non-hydrogen) atoms. The Balaban J connectivity index is 1.50. The molecule has 1 fully saturated rings. The fourth-order valence-corrected chi connectivity index (χ4v) is 3.21. The zero-order chi connectivity index (χ0) is 16.8. The van der Waals surface area contributed by atoms with Crippen LogP contribution in [0.3, 0.4) is 0 Å². The fourth-order valence-electron chi connectivity index (χ4n) is 3.21. The topological polar surface area (TPSA) is 77.0 Å². The van der Waals surface area contributed by atoms with Gasteiger partial charge in [0.25, 0.3) is 0 Å². The van der Waals surface area contributed by atoms with Crippen LogP contribution in [-0.4, -0.2) is 43.3 Å². The van der Waals surface area contributed by atoms with Crippen LogP contribution < -0.4 is 0 Å². The second kappa shape index (κ2) is 8.08. The SMILES string of the molecule is CCc1noc(CCCC(=O)N2CCCC[C@H]2Cn2cccn2)n1. The van der Waals surface area contributed by atoms with Crippen molar-refractivity contribution in [2.75, 3.05) is 6.54 Å². The van der Waals surface area contributed by atoms with Crippen LogP contribution in [0, 0.1) is 0 Å². The van der Waals surface area contributed by atoms with Crippen LogP contribution in [0.5, 0.6) is 0 Å². The van der Waals surface area contributed by atoms with Crippen molar-refractivity contribution in [1.29, 1.82) is 0 Å². The van der Waals surface area contributed by atoms with Crippen LogP contribution in [0.4, 0.5) is 0 Å². The predicted octanol–water partition coefficient (Wildman–Crippen LogP) is 2.23. The molecule has 0 spiro atoms. The third-order valence-corrected chi connectivity index (χ3v) is 4.51. The van der Waals surface area contributed by atoms with Gasteiger partial charge in [-0.05, 0) is 31.7 Å². The Morgan fingerprint density at radius 3 is 3.08 bits per heavy atom. The zero-order valence-electron chi connectivity index (χ0n) is 14.2. The van der Waals surface area contributed by atoms with Crippen LogP contribution in [0.1, 0.15) is 50.7 Å². The van der Waals surface area contributed by atoms with Gasteiger partial charge in [0.1, 0.15) is 0 Å². The number of nitrogens with zero attached hydrogens (tertiary/aromatic N) is 5. The summed E-state index contributed by atoms with van der Waals surface area (Å²) in [7, 11) is 0. The number of rotatable bonds is 7. The van der Waals surface area contributed by atoms with Gasteiger partial charge in [0.2, 0.25) is 11.8 Å². The molecule has 2 aromatic heterocycles. The minimum absolute atomic E-state index is 0.224. The third kappa shape index (κ3) is 4.21. The molecular formula is C17H25N5O2. The van der Waals surface area contributed by atoms with Gasteiger partial charge in [-0.25, -0.2) is 0 Å². The number of likely N-dealkylation sites (tertiary alicyclic amines) is 1. The van der Waals surface area contributed by atoms with Crippen molar-refractivity contribution in [1.82, 2.24) is 24.8 Å². The molecule has 0 aliphatic carbocycles. The van der Waals surface area contributed by atoms with Crippen molar-refractivity contribution in [3.63, 3.8) is 0 Å². The maximum absolute atomic E-state index is 12.6. The van der Waals surface area contributed by atoms with E-state index >= 15 is 0 Å². The van der Waals surface area contributed by atoms with E-state index in [4.69, 9.17) is 4.52 Å². The Labute approximate surface area is 142 Å². The standard InChI is InChI=1S/C17H25N5O2/c1-2-15-19-16(24-20-15)8-5-9-17(23)22-12-4-3-7-14(22)13-21-11-6-10-18-21/h6,10-11,14H,2-5,7-9,12-13H2,1H3/t14-/m0/s1. The Morgan fingerprint density at radius 2 is 2.33 bits per heavy atom. The molecule has 3 rings (SSSR count). The summed E-state index contributed by atoms with van der Waals surface area (Å²) in [5.74, 6) is 1.58. The summed E-state index contributed by atoms with van der Waals surface area (Å²) in [6.07, 6.45) is 9.76. The summed E-state index contributed by atoms with van der Waals surface area (Å²) in [5, 5.41) is 8.15. The van der Waals surface area contributed by atoms with E-state index in [-0.39, 0.29) is 11.9 Å². The summed E-state index contributed by atoms with van der Waals surface area (Å²) in [5.41, 5.74) is 0. The van der Waals surface area contributed by atoms with Crippen LogP contribution in [-0.2, 0) is 24.2 Å². The molecule has 3 heterocycles. The lowest BCUT2D eigenvalue weighted by atomic mass is 10.0. The lowest BCUT2D eigenvalue weighted by molar-refractivity contribution is -0.135. The van der Waals surface area contributed by atoms with E-state index in [0.29, 0.717) is 18.7 Å². The smallest absolute Gasteiger partial charge is 0.226 e. The lowest BCUT2D eigenvalue weighted by Gasteiger charge is -2.35. The highest BCUT2D eigenvalue weighted by Gasteiger charge is 2.26.